The minimum atomic E-state index is -0.0845. The number of hydrogen-bond acceptors (Lipinski definition) is 5. The van der Waals surface area contributed by atoms with Gasteiger partial charge >= 0.3 is 0 Å². The third-order valence-corrected chi connectivity index (χ3v) is 2.84. The summed E-state index contributed by atoms with van der Waals surface area (Å²) in [4.78, 5) is 17.8. The first-order chi connectivity index (χ1) is 8.18. The van der Waals surface area contributed by atoms with Crippen LogP contribution in [0.4, 0.5) is 5.82 Å². The van der Waals surface area contributed by atoms with Gasteiger partial charge in [-0.2, -0.15) is 0 Å². The van der Waals surface area contributed by atoms with Crippen molar-refractivity contribution in [1.82, 2.24) is 14.9 Å². The Morgan fingerprint density at radius 2 is 2.53 bits per heavy atom. The van der Waals surface area contributed by atoms with Gasteiger partial charge in [0, 0.05) is 46.1 Å². The van der Waals surface area contributed by atoms with Crippen LogP contribution in [0.25, 0.3) is 0 Å². The minimum absolute atomic E-state index is 0.0845. The molecule has 94 valence electrons. The lowest BCUT2D eigenvalue weighted by atomic mass is 10.3. The Balaban J connectivity index is 2.06. The summed E-state index contributed by atoms with van der Waals surface area (Å²) in [6, 6.07) is 0. The van der Waals surface area contributed by atoms with E-state index in [0.29, 0.717) is 12.4 Å². The molecule has 0 amide bonds. The maximum atomic E-state index is 11.9. The summed E-state index contributed by atoms with van der Waals surface area (Å²) in [6.07, 6.45) is 3.39. The molecule has 6 nitrogen and oxygen atoms in total. The van der Waals surface area contributed by atoms with Gasteiger partial charge in [0.2, 0.25) is 0 Å². The van der Waals surface area contributed by atoms with E-state index in [9.17, 15) is 4.79 Å². The van der Waals surface area contributed by atoms with E-state index in [1.54, 1.807) is 19.4 Å². The third-order valence-electron chi connectivity index (χ3n) is 2.84. The number of hydrogen-bond donors (Lipinski definition) is 1. The molecule has 2 heterocycles. The molecular formula is C11H18N4O2. The molecule has 0 aliphatic carbocycles. The molecule has 0 aromatic carbocycles. The second kappa shape index (κ2) is 5.29. The predicted molar refractivity (Wildman–Crippen MR) is 65.4 cm³/mol. The van der Waals surface area contributed by atoms with E-state index in [1.807, 2.05) is 11.9 Å². The van der Waals surface area contributed by atoms with Gasteiger partial charge in [-0.15, -0.1) is 0 Å². The molecule has 1 aromatic heterocycles. The number of aromatic nitrogens is 2. The molecule has 1 aromatic rings. The van der Waals surface area contributed by atoms with Gasteiger partial charge in [-0.1, -0.05) is 0 Å². The molecule has 17 heavy (non-hydrogen) atoms. The first-order valence-electron chi connectivity index (χ1n) is 5.73. The van der Waals surface area contributed by atoms with Crippen LogP contribution in [-0.2, 0) is 11.8 Å². The standard InChI is InChI=1S/C11H18N4O2/c1-14-5-3-13-10(11(14)16)15(2)8-9-7-12-4-6-17-9/h3,5,9,12H,4,6-8H2,1-2H3/t9-/m0/s1. The number of nitrogens with zero attached hydrogens (tertiary/aromatic N) is 3. The van der Waals surface area contributed by atoms with Gasteiger partial charge < -0.3 is 19.5 Å². The predicted octanol–water partition coefficient (Wildman–Crippen LogP) is -0.795. The van der Waals surface area contributed by atoms with E-state index in [-0.39, 0.29) is 11.7 Å². The largest absolute Gasteiger partial charge is 0.374 e. The molecule has 2 rings (SSSR count). The Kier molecular flexibility index (Phi) is 3.75. The van der Waals surface area contributed by atoms with Gasteiger partial charge in [-0.05, 0) is 0 Å². The second-order valence-corrected chi connectivity index (χ2v) is 4.24. The number of ether oxygens (including phenoxy) is 1. The van der Waals surface area contributed by atoms with Crippen LogP contribution in [0.3, 0.4) is 0 Å². The van der Waals surface area contributed by atoms with Crippen molar-refractivity contribution in [2.45, 2.75) is 6.10 Å². The maximum Gasteiger partial charge on any atom is 0.293 e. The van der Waals surface area contributed by atoms with Crippen molar-refractivity contribution >= 4 is 5.82 Å². The monoisotopic (exact) mass is 238 g/mol. The van der Waals surface area contributed by atoms with Crippen molar-refractivity contribution in [2.75, 3.05) is 38.2 Å². The fourth-order valence-electron chi connectivity index (χ4n) is 1.88. The SMILES string of the molecule is CN(C[C@@H]1CNCCO1)c1nccn(C)c1=O. The van der Waals surface area contributed by atoms with Crippen LogP contribution in [0.1, 0.15) is 0 Å². The van der Waals surface area contributed by atoms with Crippen LogP contribution < -0.4 is 15.8 Å². The van der Waals surface area contributed by atoms with Crippen LogP contribution in [0.2, 0.25) is 0 Å². The summed E-state index contributed by atoms with van der Waals surface area (Å²) < 4.78 is 7.13. The van der Waals surface area contributed by atoms with Gasteiger partial charge in [0.25, 0.3) is 5.56 Å². The number of aryl methyl sites for hydroxylation is 1. The van der Waals surface area contributed by atoms with Crippen molar-refractivity contribution in [1.29, 1.82) is 0 Å². The summed E-state index contributed by atoms with van der Waals surface area (Å²) in [5.74, 6) is 0.462. The average Bonchev–Trinajstić information content (AvgIpc) is 2.34. The lowest BCUT2D eigenvalue weighted by molar-refractivity contribution is 0.0339. The van der Waals surface area contributed by atoms with Gasteiger partial charge in [0.05, 0.1) is 12.7 Å². The van der Waals surface area contributed by atoms with Crippen LogP contribution in [-0.4, -0.2) is 48.9 Å². The van der Waals surface area contributed by atoms with Gasteiger partial charge in [0.15, 0.2) is 5.82 Å². The first kappa shape index (κ1) is 12.1. The number of morpholine rings is 1. The van der Waals surface area contributed by atoms with Crippen LogP contribution >= 0.6 is 0 Å². The summed E-state index contributed by atoms with van der Waals surface area (Å²) in [6.45, 7) is 3.10. The maximum absolute atomic E-state index is 11.9. The Labute approximate surface area is 100 Å². The van der Waals surface area contributed by atoms with E-state index in [2.05, 4.69) is 10.3 Å². The van der Waals surface area contributed by atoms with Crippen molar-refractivity contribution in [3.05, 3.63) is 22.7 Å². The molecule has 0 saturated carbocycles. The minimum Gasteiger partial charge on any atom is -0.374 e. The Bertz CT molecular complexity index is 426. The Morgan fingerprint density at radius 1 is 1.71 bits per heavy atom. The fraction of sp³-hybridized carbons (Fsp3) is 0.636. The lowest BCUT2D eigenvalue weighted by Gasteiger charge is -2.28. The lowest BCUT2D eigenvalue weighted by Crippen LogP contribution is -2.45. The van der Waals surface area contributed by atoms with Gasteiger partial charge in [-0.25, -0.2) is 4.98 Å². The van der Waals surface area contributed by atoms with Crippen molar-refractivity contribution in [3.63, 3.8) is 0 Å². The Morgan fingerprint density at radius 3 is 3.24 bits per heavy atom. The van der Waals surface area contributed by atoms with Crippen molar-refractivity contribution < 1.29 is 4.74 Å². The molecule has 1 atom stereocenters. The highest BCUT2D eigenvalue weighted by atomic mass is 16.5. The normalized spacial score (nSPS) is 20.2. The van der Waals surface area contributed by atoms with Gasteiger partial charge in [0.1, 0.15) is 0 Å². The van der Waals surface area contributed by atoms with E-state index in [1.165, 1.54) is 4.57 Å². The van der Waals surface area contributed by atoms with E-state index >= 15 is 0 Å². The summed E-state index contributed by atoms with van der Waals surface area (Å²) in [5, 5.41) is 3.26. The topological polar surface area (TPSA) is 59.4 Å². The van der Waals surface area contributed by atoms with E-state index in [0.717, 1.165) is 19.7 Å². The highest BCUT2D eigenvalue weighted by Crippen LogP contribution is 2.04. The molecule has 0 bridgehead atoms. The summed E-state index contributed by atoms with van der Waals surface area (Å²) in [5.41, 5.74) is -0.0845. The van der Waals surface area contributed by atoms with E-state index < -0.39 is 0 Å². The molecule has 6 heteroatoms. The highest BCUT2D eigenvalue weighted by molar-refractivity contribution is 5.34. The van der Waals surface area contributed by atoms with Gasteiger partial charge in [-0.3, -0.25) is 4.79 Å². The van der Waals surface area contributed by atoms with Crippen molar-refractivity contribution in [3.8, 4) is 0 Å². The first-order valence-corrected chi connectivity index (χ1v) is 5.73. The zero-order valence-corrected chi connectivity index (χ0v) is 10.2. The molecule has 1 fully saturated rings. The van der Waals surface area contributed by atoms with Crippen LogP contribution in [0.5, 0.6) is 0 Å². The molecule has 0 unspecified atom stereocenters. The van der Waals surface area contributed by atoms with Crippen LogP contribution in [0, 0.1) is 0 Å². The molecule has 1 saturated heterocycles. The number of rotatable bonds is 3. The summed E-state index contributed by atoms with van der Waals surface area (Å²) in [7, 11) is 3.59. The highest BCUT2D eigenvalue weighted by Gasteiger charge is 2.17. The van der Waals surface area contributed by atoms with Crippen LogP contribution in [0.15, 0.2) is 17.2 Å². The molecule has 1 N–H and O–H groups in total. The number of likely N-dealkylation sites (N-methyl/N-ethyl adjacent to an activating group) is 1. The molecular weight excluding hydrogens is 220 g/mol. The number of anilines is 1. The number of nitrogens with one attached hydrogen (secondary N) is 1. The zero-order chi connectivity index (χ0) is 12.3. The summed E-state index contributed by atoms with van der Waals surface area (Å²) >= 11 is 0. The average molecular weight is 238 g/mol. The zero-order valence-electron chi connectivity index (χ0n) is 10.2. The molecule has 1 aliphatic heterocycles. The molecule has 0 radical (unpaired) electrons. The van der Waals surface area contributed by atoms with Crippen molar-refractivity contribution in [2.24, 2.45) is 7.05 Å². The Hall–Kier alpha value is -1.40. The van der Waals surface area contributed by atoms with E-state index in [4.69, 9.17) is 4.74 Å². The molecule has 1 aliphatic rings. The third kappa shape index (κ3) is 2.83. The molecule has 0 spiro atoms. The smallest absolute Gasteiger partial charge is 0.293 e. The second-order valence-electron chi connectivity index (χ2n) is 4.24. The quantitative estimate of drug-likeness (QED) is 0.747. The fourth-order valence-corrected chi connectivity index (χ4v) is 1.88.